The fraction of sp³-hybridized carbons (Fsp3) is 0.500. The molecule has 0 unspecified atom stereocenters. The fourth-order valence-corrected chi connectivity index (χ4v) is 2.77. The summed E-state index contributed by atoms with van der Waals surface area (Å²) in [5.74, 6) is -0.966. The average Bonchev–Trinajstić information content (AvgIpc) is 2.45. The minimum absolute atomic E-state index is 0.0310. The minimum Gasteiger partial charge on any atom is -0.374 e. The number of carbonyl (C=O) groups excluding carboxylic acids is 2. The number of rotatable bonds is 4. The van der Waals surface area contributed by atoms with Crippen LogP contribution in [0, 0.1) is 5.82 Å². The third-order valence-corrected chi connectivity index (χ3v) is 3.73. The Balaban J connectivity index is 2.06. The standard InChI is InChI=1S/C16H23FN4O3/c1-9-7-21(8-10(2)24-9)14-5-4-12(6-13(14)17)19-11(3)15(22)20-16(18)23/h4-6,9-11,19H,7-8H2,1-3H3,(H3,18,20,22,23)/t9-,10+,11-/m1/s1. The average molecular weight is 338 g/mol. The van der Waals surface area contributed by atoms with Crippen molar-refractivity contribution >= 4 is 23.3 Å². The Hall–Kier alpha value is -2.35. The highest BCUT2D eigenvalue weighted by Crippen LogP contribution is 2.26. The van der Waals surface area contributed by atoms with Gasteiger partial charge in [0.05, 0.1) is 17.9 Å². The minimum atomic E-state index is -0.925. The van der Waals surface area contributed by atoms with Gasteiger partial charge in [-0.25, -0.2) is 9.18 Å². The molecule has 2 rings (SSSR count). The largest absolute Gasteiger partial charge is 0.374 e. The molecule has 1 saturated heterocycles. The summed E-state index contributed by atoms with van der Waals surface area (Å²) in [6, 6.07) is 3.03. The third kappa shape index (κ3) is 4.58. The van der Waals surface area contributed by atoms with Gasteiger partial charge < -0.3 is 20.7 Å². The van der Waals surface area contributed by atoms with Gasteiger partial charge in [0.25, 0.3) is 0 Å². The lowest BCUT2D eigenvalue weighted by atomic mass is 10.1. The number of nitrogens with one attached hydrogen (secondary N) is 2. The first-order chi connectivity index (χ1) is 11.3. The van der Waals surface area contributed by atoms with Gasteiger partial charge in [-0.2, -0.15) is 0 Å². The quantitative estimate of drug-likeness (QED) is 0.772. The van der Waals surface area contributed by atoms with E-state index >= 15 is 0 Å². The highest BCUT2D eigenvalue weighted by atomic mass is 19.1. The molecule has 0 aliphatic carbocycles. The summed E-state index contributed by atoms with van der Waals surface area (Å²) in [5, 5.41) is 4.80. The number of amides is 3. The molecule has 4 N–H and O–H groups in total. The van der Waals surface area contributed by atoms with Gasteiger partial charge in [0.15, 0.2) is 0 Å². The molecule has 0 spiro atoms. The first-order valence-corrected chi connectivity index (χ1v) is 7.83. The van der Waals surface area contributed by atoms with Gasteiger partial charge in [0, 0.05) is 18.8 Å². The molecule has 1 aromatic carbocycles. The number of nitrogens with zero attached hydrogens (tertiary/aromatic N) is 1. The van der Waals surface area contributed by atoms with E-state index in [-0.39, 0.29) is 18.0 Å². The van der Waals surface area contributed by atoms with E-state index in [1.165, 1.54) is 6.07 Å². The van der Waals surface area contributed by atoms with Crippen molar-refractivity contribution in [2.24, 2.45) is 5.73 Å². The highest BCUT2D eigenvalue weighted by Gasteiger charge is 2.24. The van der Waals surface area contributed by atoms with E-state index < -0.39 is 18.0 Å². The molecular formula is C16H23FN4O3. The molecule has 1 heterocycles. The van der Waals surface area contributed by atoms with Gasteiger partial charge in [0.1, 0.15) is 11.9 Å². The Labute approximate surface area is 140 Å². The predicted octanol–water partition coefficient (Wildman–Crippen LogP) is 1.43. The van der Waals surface area contributed by atoms with Gasteiger partial charge in [-0.05, 0) is 39.0 Å². The van der Waals surface area contributed by atoms with Crippen molar-refractivity contribution in [3.63, 3.8) is 0 Å². The zero-order valence-corrected chi connectivity index (χ0v) is 14.0. The van der Waals surface area contributed by atoms with Crippen molar-refractivity contribution in [3.8, 4) is 0 Å². The number of urea groups is 1. The van der Waals surface area contributed by atoms with Gasteiger partial charge >= 0.3 is 6.03 Å². The second kappa shape index (κ2) is 7.48. The Morgan fingerprint density at radius 1 is 1.33 bits per heavy atom. The topological polar surface area (TPSA) is 96.7 Å². The first kappa shape index (κ1) is 18.0. The summed E-state index contributed by atoms with van der Waals surface area (Å²) >= 11 is 0. The maximum atomic E-state index is 14.5. The van der Waals surface area contributed by atoms with E-state index in [1.807, 2.05) is 24.1 Å². The maximum Gasteiger partial charge on any atom is 0.318 e. The first-order valence-electron chi connectivity index (χ1n) is 7.83. The van der Waals surface area contributed by atoms with E-state index in [1.54, 1.807) is 19.1 Å². The number of anilines is 2. The SMILES string of the molecule is C[C@@H]1CN(c2ccc(N[C@H](C)C(=O)NC(N)=O)cc2F)C[C@H](C)O1. The number of benzene rings is 1. The lowest BCUT2D eigenvalue weighted by molar-refractivity contribution is -0.120. The van der Waals surface area contributed by atoms with Crippen LogP contribution in [0.15, 0.2) is 18.2 Å². The molecule has 3 amide bonds. The summed E-state index contributed by atoms with van der Waals surface area (Å²) < 4.78 is 20.1. The van der Waals surface area contributed by atoms with Crippen LogP contribution in [0.4, 0.5) is 20.6 Å². The number of nitrogens with two attached hydrogens (primary N) is 1. The number of hydrogen-bond acceptors (Lipinski definition) is 5. The van der Waals surface area contributed by atoms with E-state index in [4.69, 9.17) is 10.5 Å². The Morgan fingerprint density at radius 3 is 2.50 bits per heavy atom. The monoisotopic (exact) mass is 338 g/mol. The zero-order chi connectivity index (χ0) is 17.9. The molecule has 0 saturated carbocycles. The molecule has 3 atom stereocenters. The second-order valence-corrected chi connectivity index (χ2v) is 6.05. The lowest BCUT2D eigenvalue weighted by Crippen LogP contribution is -2.45. The van der Waals surface area contributed by atoms with Gasteiger partial charge in [-0.1, -0.05) is 0 Å². The zero-order valence-electron chi connectivity index (χ0n) is 14.0. The Bertz CT molecular complexity index is 615. The number of primary amides is 1. The predicted molar refractivity (Wildman–Crippen MR) is 89.4 cm³/mol. The van der Waals surface area contributed by atoms with Crippen LogP contribution in [0.5, 0.6) is 0 Å². The van der Waals surface area contributed by atoms with Crippen LogP contribution < -0.4 is 21.3 Å². The third-order valence-electron chi connectivity index (χ3n) is 3.73. The summed E-state index contributed by atoms with van der Waals surface area (Å²) in [7, 11) is 0. The molecule has 1 aliphatic rings. The number of hydrogen-bond donors (Lipinski definition) is 3. The van der Waals surface area contributed by atoms with Crippen LogP contribution in [0.3, 0.4) is 0 Å². The van der Waals surface area contributed by atoms with Gasteiger partial charge in [0.2, 0.25) is 5.91 Å². The molecule has 0 radical (unpaired) electrons. The number of morpholine rings is 1. The second-order valence-electron chi connectivity index (χ2n) is 6.05. The summed E-state index contributed by atoms with van der Waals surface area (Å²) in [6.45, 7) is 6.69. The normalized spacial score (nSPS) is 21.9. The highest BCUT2D eigenvalue weighted by molar-refractivity contribution is 5.97. The number of imide groups is 1. The van der Waals surface area contributed by atoms with E-state index in [0.29, 0.717) is 24.5 Å². The molecule has 0 bridgehead atoms. The molecule has 7 nitrogen and oxygen atoms in total. The molecule has 8 heteroatoms. The van der Waals surface area contributed by atoms with Crippen molar-refractivity contribution in [3.05, 3.63) is 24.0 Å². The molecule has 132 valence electrons. The van der Waals surface area contributed by atoms with Crippen LogP contribution in [0.1, 0.15) is 20.8 Å². The lowest BCUT2D eigenvalue weighted by Gasteiger charge is -2.37. The summed E-state index contributed by atoms with van der Waals surface area (Å²) in [5.41, 5.74) is 5.84. The van der Waals surface area contributed by atoms with E-state index in [2.05, 4.69) is 5.32 Å². The van der Waals surface area contributed by atoms with Crippen molar-refractivity contribution in [2.75, 3.05) is 23.3 Å². The Kier molecular flexibility index (Phi) is 5.61. The Morgan fingerprint density at radius 2 is 1.96 bits per heavy atom. The van der Waals surface area contributed by atoms with Crippen LogP contribution in [-0.2, 0) is 9.53 Å². The molecular weight excluding hydrogens is 315 g/mol. The van der Waals surface area contributed by atoms with Crippen molar-refractivity contribution in [1.29, 1.82) is 0 Å². The number of ether oxygens (including phenoxy) is 1. The van der Waals surface area contributed by atoms with E-state index in [9.17, 15) is 14.0 Å². The summed E-state index contributed by atoms with van der Waals surface area (Å²) in [4.78, 5) is 24.3. The van der Waals surface area contributed by atoms with Gasteiger partial charge in [-0.15, -0.1) is 0 Å². The van der Waals surface area contributed by atoms with Crippen LogP contribution in [-0.4, -0.2) is 43.3 Å². The van der Waals surface area contributed by atoms with Gasteiger partial charge in [-0.3, -0.25) is 10.1 Å². The number of carbonyl (C=O) groups is 2. The maximum absolute atomic E-state index is 14.5. The van der Waals surface area contributed by atoms with Crippen LogP contribution in [0.2, 0.25) is 0 Å². The molecule has 1 aromatic rings. The molecule has 1 aliphatic heterocycles. The van der Waals surface area contributed by atoms with Crippen molar-refractivity contribution < 1.29 is 18.7 Å². The van der Waals surface area contributed by atoms with Crippen LogP contribution >= 0.6 is 0 Å². The van der Waals surface area contributed by atoms with E-state index in [0.717, 1.165) is 0 Å². The fourth-order valence-electron chi connectivity index (χ4n) is 2.77. The molecule has 0 aromatic heterocycles. The number of halogens is 1. The molecule has 24 heavy (non-hydrogen) atoms. The van der Waals surface area contributed by atoms with Crippen molar-refractivity contribution in [2.45, 2.75) is 39.0 Å². The van der Waals surface area contributed by atoms with Crippen molar-refractivity contribution in [1.82, 2.24) is 5.32 Å². The molecule has 1 fully saturated rings. The van der Waals surface area contributed by atoms with Crippen LogP contribution in [0.25, 0.3) is 0 Å². The summed E-state index contributed by atoms with van der Waals surface area (Å²) in [6.07, 6.45) is 0.0620. The smallest absolute Gasteiger partial charge is 0.318 e.